The second-order valence-electron chi connectivity index (χ2n) is 7.23. The molecule has 2 aliphatic heterocycles. The molecule has 1 aromatic carbocycles. The molecule has 0 amide bonds. The molecule has 0 aliphatic carbocycles. The van der Waals surface area contributed by atoms with Crippen molar-refractivity contribution < 1.29 is 8.42 Å². The highest BCUT2D eigenvalue weighted by Gasteiger charge is 2.34. The monoisotopic (exact) mass is 337 g/mol. The van der Waals surface area contributed by atoms with Crippen LogP contribution in [-0.4, -0.2) is 63.4 Å². The molecule has 23 heavy (non-hydrogen) atoms. The molecule has 5 nitrogen and oxygen atoms in total. The topological polar surface area (TPSA) is 52.7 Å². The van der Waals surface area contributed by atoms with Gasteiger partial charge in [-0.1, -0.05) is 24.6 Å². The first kappa shape index (κ1) is 16.9. The molecule has 0 radical (unpaired) electrons. The Balaban J connectivity index is 1.61. The minimum atomic E-state index is -3.35. The van der Waals surface area contributed by atoms with E-state index in [0.29, 0.717) is 23.4 Å². The maximum atomic E-state index is 12.7. The fraction of sp³-hybridized carbons (Fsp3) is 0.647. The van der Waals surface area contributed by atoms with E-state index in [4.69, 9.17) is 0 Å². The van der Waals surface area contributed by atoms with E-state index >= 15 is 0 Å². The average Bonchev–Trinajstić information content (AvgIpc) is 2.94. The standard InChI is InChI=1S/C17H27N3O2S/c1-15-3-5-16(6-4-15)23(21,22)20-11-9-19(10-12-20)14-17(2)7-8-18-13-17/h3-6,18H,7-14H2,1-2H3. The third-order valence-electron chi connectivity index (χ3n) is 5.05. The van der Waals surface area contributed by atoms with E-state index in [1.54, 1.807) is 16.4 Å². The summed E-state index contributed by atoms with van der Waals surface area (Å²) < 4.78 is 27.0. The summed E-state index contributed by atoms with van der Waals surface area (Å²) in [5.74, 6) is 0. The molecule has 6 heteroatoms. The number of sulfonamides is 1. The van der Waals surface area contributed by atoms with Crippen molar-refractivity contribution in [3.8, 4) is 0 Å². The minimum absolute atomic E-state index is 0.331. The van der Waals surface area contributed by atoms with Gasteiger partial charge in [-0.15, -0.1) is 0 Å². The molecule has 0 aromatic heterocycles. The Morgan fingerprint density at radius 1 is 1.13 bits per heavy atom. The Kier molecular flexibility index (Phi) is 4.78. The van der Waals surface area contributed by atoms with Gasteiger partial charge in [-0.2, -0.15) is 4.31 Å². The smallest absolute Gasteiger partial charge is 0.243 e. The number of benzene rings is 1. The lowest BCUT2D eigenvalue weighted by atomic mass is 9.89. The van der Waals surface area contributed by atoms with Crippen molar-refractivity contribution in [3.63, 3.8) is 0 Å². The zero-order valence-electron chi connectivity index (χ0n) is 14.1. The number of piperazine rings is 1. The van der Waals surface area contributed by atoms with Crippen molar-refractivity contribution >= 4 is 10.0 Å². The van der Waals surface area contributed by atoms with E-state index in [1.165, 1.54) is 6.42 Å². The first-order valence-electron chi connectivity index (χ1n) is 8.39. The SMILES string of the molecule is Cc1ccc(S(=O)(=O)N2CCN(CC3(C)CCNC3)CC2)cc1. The molecule has 3 rings (SSSR count). The molecule has 1 N–H and O–H groups in total. The Hall–Kier alpha value is -0.950. The van der Waals surface area contributed by atoms with Gasteiger partial charge in [0.1, 0.15) is 0 Å². The number of nitrogens with zero attached hydrogens (tertiary/aromatic N) is 2. The quantitative estimate of drug-likeness (QED) is 0.900. The molecule has 0 bridgehead atoms. The van der Waals surface area contributed by atoms with E-state index in [0.717, 1.165) is 38.3 Å². The first-order chi connectivity index (χ1) is 10.9. The number of hydrogen-bond acceptors (Lipinski definition) is 4. The van der Waals surface area contributed by atoms with Gasteiger partial charge in [-0.05, 0) is 37.4 Å². The summed E-state index contributed by atoms with van der Waals surface area (Å²) in [5.41, 5.74) is 1.41. The summed E-state index contributed by atoms with van der Waals surface area (Å²) in [6.07, 6.45) is 1.20. The van der Waals surface area contributed by atoms with Gasteiger partial charge >= 0.3 is 0 Å². The van der Waals surface area contributed by atoms with Crippen molar-refractivity contribution in [2.24, 2.45) is 5.41 Å². The summed E-state index contributed by atoms with van der Waals surface area (Å²) >= 11 is 0. The van der Waals surface area contributed by atoms with Crippen LogP contribution in [0.2, 0.25) is 0 Å². The van der Waals surface area contributed by atoms with Crippen LogP contribution < -0.4 is 5.32 Å². The van der Waals surface area contributed by atoms with Crippen molar-refractivity contribution in [1.82, 2.24) is 14.5 Å². The maximum absolute atomic E-state index is 12.7. The highest BCUT2D eigenvalue weighted by Crippen LogP contribution is 2.27. The van der Waals surface area contributed by atoms with Crippen LogP contribution in [0.4, 0.5) is 0 Å². The van der Waals surface area contributed by atoms with E-state index in [9.17, 15) is 8.42 Å². The summed E-state index contributed by atoms with van der Waals surface area (Å²) in [5, 5.41) is 3.43. The second kappa shape index (κ2) is 6.51. The molecule has 2 saturated heterocycles. The van der Waals surface area contributed by atoms with Crippen molar-refractivity contribution in [1.29, 1.82) is 0 Å². The van der Waals surface area contributed by atoms with Crippen LogP contribution in [0, 0.1) is 12.3 Å². The number of nitrogens with one attached hydrogen (secondary N) is 1. The van der Waals surface area contributed by atoms with Crippen LogP contribution in [0.25, 0.3) is 0 Å². The molecule has 1 unspecified atom stereocenters. The lowest BCUT2D eigenvalue weighted by molar-refractivity contribution is 0.132. The van der Waals surface area contributed by atoms with Gasteiger partial charge in [0.2, 0.25) is 10.0 Å². The molecule has 1 aromatic rings. The minimum Gasteiger partial charge on any atom is -0.316 e. The molecule has 0 spiro atoms. The van der Waals surface area contributed by atoms with Crippen molar-refractivity contribution in [2.45, 2.75) is 25.2 Å². The third kappa shape index (κ3) is 3.76. The maximum Gasteiger partial charge on any atom is 0.243 e. The summed E-state index contributed by atoms with van der Waals surface area (Å²) in [7, 11) is -3.35. The molecule has 2 fully saturated rings. The normalized spacial score (nSPS) is 27.4. The zero-order chi connectivity index (χ0) is 16.5. The highest BCUT2D eigenvalue weighted by atomic mass is 32.2. The van der Waals surface area contributed by atoms with Crippen LogP contribution >= 0.6 is 0 Å². The fourth-order valence-electron chi connectivity index (χ4n) is 3.53. The largest absolute Gasteiger partial charge is 0.316 e. The lowest BCUT2D eigenvalue weighted by Gasteiger charge is -2.38. The number of hydrogen-bond donors (Lipinski definition) is 1. The Bertz CT molecular complexity index is 628. The molecular formula is C17H27N3O2S. The van der Waals surface area contributed by atoms with Crippen LogP contribution in [-0.2, 0) is 10.0 Å². The van der Waals surface area contributed by atoms with Gasteiger partial charge in [0.05, 0.1) is 4.90 Å². The number of rotatable bonds is 4. The van der Waals surface area contributed by atoms with Crippen molar-refractivity contribution in [3.05, 3.63) is 29.8 Å². The molecule has 2 aliphatic rings. The average molecular weight is 337 g/mol. The highest BCUT2D eigenvalue weighted by molar-refractivity contribution is 7.89. The Labute approximate surface area is 139 Å². The Morgan fingerprint density at radius 2 is 1.78 bits per heavy atom. The van der Waals surface area contributed by atoms with Gasteiger partial charge < -0.3 is 10.2 Å². The van der Waals surface area contributed by atoms with Crippen LogP contribution in [0.15, 0.2) is 29.2 Å². The van der Waals surface area contributed by atoms with Gasteiger partial charge in [0.15, 0.2) is 0 Å². The summed E-state index contributed by atoms with van der Waals surface area (Å²) in [6.45, 7) is 10.3. The van der Waals surface area contributed by atoms with Crippen LogP contribution in [0.5, 0.6) is 0 Å². The van der Waals surface area contributed by atoms with Gasteiger partial charge in [0, 0.05) is 39.3 Å². The van der Waals surface area contributed by atoms with Gasteiger partial charge in [-0.3, -0.25) is 0 Å². The second-order valence-corrected chi connectivity index (χ2v) is 9.17. The van der Waals surface area contributed by atoms with E-state index in [-0.39, 0.29) is 0 Å². The first-order valence-corrected chi connectivity index (χ1v) is 9.83. The van der Waals surface area contributed by atoms with E-state index in [1.807, 2.05) is 19.1 Å². The summed E-state index contributed by atoms with van der Waals surface area (Å²) in [6, 6.07) is 7.14. The number of aryl methyl sites for hydroxylation is 1. The molecule has 0 saturated carbocycles. The Morgan fingerprint density at radius 3 is 2.35 bits per heavy atom. The van der Waals surface area contributed by atoms with Gasteiger partial charge in [0.25, 0.3) is 0 Å². The van der Waals surface area contributed by atoms with E-state index < -0.39 is 10.0 Å². The third-order valence-corrected chi connectivity index (χ3v) is 6.97. The van der Waals surface area contributed by atoms with Crippen molar-refractivity contribution in [2.75, 3.05) is 45.8 Å². The van der Waals surface area contributed by atoms with Gasteiger partial charge in [-0.25, -0.2) is 8.42 Å². The lowest BCUT2D eigenvalue weighted by Crippen LogP contribution is -2.51. The van der Waals surface area contributed by atoms with Crippen LogP contribution in [0.1, 0.15) is 18.9 Å². The summed E-state index contributed by atoms with van der Waals surface area (Å²) in [4.78, 5) is 2.82. The molecular weight excluding hydrogens is 310 g/mol. The van der Waals surface area contributed by atoms with E-state index in [2.05, 4.69) is 17.1 Å². The zero-order valence-corrected chi connectivity index (χ0v) is 14.9. The predicted octanol–water partition coefficient (Wildman–Crippen LogP) is 1.30. The molecule has 1 atom stereocenters. The molecule has 128 valence electrons. The molecule has 2 heterocycles. The predicted molar refractivity (Wildman–Crippen MR) is 92.0 cm³/mol. The van der Waals surface area contributed by atoms with Crippen LogP contribution in [0.3, 0.4) is 0 Å². The fourth-order valence-corrected chi connectivity index (χ4v) is 4.95.